The lowest BCUT2D eigenvalue weighted by molar-refractivity contribution is 0.0755. The number of carbonyl (C=O) groups is 1. The summed E-state index contributed by atoms with van der Waals surface area (Å²) < 4.78 is 1.02. The third-order valence-corrected chi connectivity index (χ3v) is 4.60. The van der Waals surface area contributed by atoms with Crippen LogP contribution in [-0.4, -0.2) is 33.9 Å². The molecule has 1 aromatic carbocycles. The maximum Gasteiger partial charge on any atom is 0.272 e. The van der Waals surface area contributed by atoms with Gasteiger partial charge in [0.15, 0.2) is 0 Å². The molecular weight excluding hydrogens is 368 g/mol. The van der Waals surface area contributed by atoms with E-state index in [4.69, 9.17) is 0 Å². The minimum atomic E-state index is 0.00116. The predicted molar refractivity (Wildman–Crippen MR) is 98.6 cm³/mol. The summed E-state index contributed by atoms with van der Waals surface area (Å²) in [7, 11) is 0. The highest BCUT2D eigenvalue weighted by atomic mass is 79.9. The largest absolute Gasteiger partial charge is 0.340 e. The summed E-state index contributed by atoms with van der Waals surface area (Å²) >= 11 is 3.42. The second-order valence-electron chi connectivity index (χ2n) is 6.02. The van der Waals surface area contributed by atoms with Gasteiger partial charge in [0.2, 0.25) is 0 Å². The third-order valence-electron chi connectivity index (χ3n) is 4.07. The Balaban J connectivity index is 1.80. The number of carbonyl (C=O) groups excluding carboxylic acids is 1. The Morgan fingerprint density at radius 1 is 1.08 bits per heavy atom. The van der Waals surface area contributed by atoms with Crippen molar-refractivity contribution in [3.63, 3.8) is 0 Å². The number of benzene rings is 1. The zero-order chi connectivity index (χ0) is 16.9. The van der Waals surface area contributed by atoms with Crippen LogP contribution in [0.2, 0.25) is 0 Å². The quantitative estimate of drug-likeness (QED) is 0.850. The highest BCUT2D eigenvalue weighted by Crippen LogP contribution is 2.19. The number of amides is 1. The zero-order valence-electron chi connectivity index (χ0n) is 13.8. The first kappa shape index (κ1) is 16.9. The standard InChI is InChI=1S/C18H21BrN4O/c1-13-20-16(18(24)23-10-4-2-3-5-11-23)12-17(21-13)22-15-8-6-14(19)7-9-15/h6-9,12H,2-5,10-11H2,1H3,(H,20,21,22). The van der Waals surface area contributed by atoms with Crippen LogP contribution in [-0.2, 0) is 0 Å². The van der Waals surface area contributed by atoms with E-state index in [9.17, 15) is 4.79 Å². The van der Waals surface area contributed by atoms with E-state index in [0.29, 0.717) is 17.3 Å². The van der Waals surface area contributed by atoms with E-state index in [2.05, 4.69) is 31.2 Å². The SMILES string of the molecule is Cc1nc(Nc2ccc(Br)cc2)cc(C(=O)N2CCCCCC2)n1. The number of nitrogens with one attached hydrogen (secondary N) is 1. The van der Waals surface area contributed by atoms with Crippen molar-refractivity contribution in [2.75, 3.05) is 18.4 Å². The van der Waals surface area contributed by atoms with Crippen molar-refractivity contribution in [2.24, 2.45) is 0 Å². The van der Waals surface area contributed by atoms with Crippen molar-refractivity contribution in [3.8, 4) is 0 Å². The molecule has 6 heteroatoms. The Bertz CT molecular complexity index is 709. The lowest BCUT2D eigenvalue weighted by atomic mass is 10.2. The van der Waals surface area contributed by atoms with Gasteiger partial charge in [-0.1, -0.05) is 28.8 Å². The fraction of sp³-hybridized carbons (Fsp3) is 0.389. The monoisotopic (exact) mass is 388 g/mol. The van der Waals surface area contributed by atoms with Gasteiger partial charge in [-0.05, 0) is 44.0 Å². The van der Waals surface area contributed by atoms with Crippen molar-refractivity contribution < 1.29 is 4.79 Å². The van der Waals surface area contributed by atoms with E-state index in [1.54, 1.807) is 6.07 Å². The molecule has 0 aliphatic carbocycles. The minimum Gasteiger partial charge on any atom is -0.340 e. The molecule has 2 heterocycles. The van der Waals surface area contributed by atoms with E-state index in [1.165, 1.54) is 12.8 Å². The Morgan fingerprint density at radius 2 is 1.75 bits per heavy atom. The molecule has 0 bridgehead atoms. The average Bonchev–Trinajstić information content (AvgIpc) is 2.85. The van der Waals surface area contributed by atoms with Gasteiger partial charge in [-0.3, -0.25) is 4.79 Å². The van der Waals surface area contributed by atoms with E-state index >= 15 is 0 Å². The topological polar surface area (TPSA) is 58.1 Å². The molecule has 1 saturated heterocycles. The normalized spacial score (nSPS) is 15.0. The predicted octanol–water partition coefficient (Wildman–Crippen LogP) is 4.31. The molecule has 0 spiro atoms. The van der Waals surface area contributed by atoms with Gasteiger partial charge in [0.1, 0.15) is 17.3 Å². The molecule has 3 rings (SSSR count). The van der Waals surface area contributed by atoms with Crippen LogP contribution in [0.4, 0.5) is 11.5 Å². The van der Waals surface area contributed by atoms with Crippen LogP contribution in [0.15, 0.2) is 34.8 Å². The van der Waals surface area contributed by atoms with E-state index in [1.807, 2.05) is 36.1 Å². The van der Waals surface area contributed by atoms with Gasteiger partial charge in [0.05, 0.1) is 0 Å². The number of hydrogen-bond acceptors (Lipinski definition) is 4. The van der Waals surface area contributed by atoms with Gasteiger partial charge in [0, 0.05) is 29.3 Å². The van der Waals surface area contributed by atoms with Crippen molar-refractivity contribution in [2.45, 2.75) is 32.6 Å². The van der Waals surface area contributed by atoms with Crippen molar-refractivity contribution in [1.82, 2.24) is 14.9 Å². The van der Waals surface area contributed by atoms with Crippen molar-refractivity contribution in [1.29, 1.82) is 0 Å². The molecule has 1 aromatic heterocycles. The Hall–Kier alpha value is -1.95. The van der Waals surface area contributed by atoms with Crippen LogP contribution < -0.4 is 5.32 Å². The molecule has 2 aromatic rings. The van der Waals surface area contributed by atoms with Crippen molar-refractivity contribution in [3.05, 3.63) is 46.3 Å². The van der Waals surface area contributed by atoms with Crippen LogP contribution in [0.3, 0.4) is 0 Å². The number of rotatable bonds is 3. The first-order chi connectivity index (χ1) is 11.6. The maximum absolute atomic E-state index is 12.8. The van der Waals surface area contributed by atoms with E-state index < -0.39 is 0 Å². The fourth-order valence-electron chi connectivity index (χ4n) is 2.86. The van der Waals surface area contributed by atoms with Crippen molar-refractivity contribution >= 4 is 33.3 Å². The van der Waals surface area contributed by atoms with Gasteiger partial charge in [0.25, 0.3) is 5.91 Å². The maximum atomic E-state index is 12.8. The fourth-order valence-corrected chi connectivity index (χ4v) is 3.12. The van der Waals surface area contributed by atoms with Gasteiger partial charge >= 0.3 is 0 Å². The molecule has 1 amide bonds. The highest BCUT2D eigenvalue weighted by Gasteiger charge is 2.19. The van der Waals surface area contributed by atoms with Gasteiger partial charge in [-0.2, -0.15) is 0 Å². The molecule has 1 N–H and O–H groups in total. The molecule has 1 fully saturated rings. The second kappa shape index (κ2) is 7.75. The molecule has 126 valence electrons. The number of aryl methyl sites for hydroxylation is 1. The first-order valence-corrected chi connectivity index (χ1v) is 9.09. The Kier molecular flexibility index (Phi) is 5.45. The summed E-state index contributed by atoms with van der Waals surface area (Å²) in [6, 6.07) is 9.57. The number of hydrogen-bond donors (Lipinski definition) is 1. The number of halogens is 1. The summed E-state index contributed by atoms with van der Waals surface area (Å²) in [6.45, 7) is 3.45. The average molecular weight is 389 g/mol. The number of aromatic nitrogens is 2. The molecule has 0 atom stereocenters. The number of nitrogens with zero attached hydrogens (tertiary/aromatic N) is 3. The Morgan fingerprint density at radius 3 is 2.42 bits per heavy atom. The Labute approximate surface area is 150 Å². The molecule has 5 nitrogen and oxygen atoms in total. The first-order valence-electron chi connectivity index (χ1n) is 8.29. The van der Waals surface area contributed by atoms with Gasteiger partial charge < -0.3 is 10.2 Å². The summed E-state index contributed by atoms with van der Waals surface area (Å²) in [4.78, 5) is 23.4. The lowest BCUT2D eigenvalue weighted by Gasteiger charge is -2.20. The molecule has 0 unspecified atom stereocenters. The number of likely N-dealkylation sites (tertiary alicyclic amines) is 1. The van der Waals surface area contributed by atoms with Crippen LogP contribution in [0.25, 0.3) is 0 Å². The van der Waals surface area contributed by atoms with Crippen LogP contribution in [0.5, 0.6) is 0 Å². The van der Waals surface area contributed by atoms with Gasteiger partial charge in [-0.15, -0.1) is 0 Å². The summed E-state index contributed by atoms with van der Waals surface area (Å²) in [5.74, 6) is 1.24. The molecular formula is C18H21BrN4O. The van der Waals surface area contributed by atoms with Gasteiger partial charge in [-0.25, -0.2) is 9.97 Å². The zero-order valence-corrected chi connectivity index (χ0v) is 15.3. The minimum absolute atomic E-state index is 0.00116. The lowest BCUT2D eigenvalue weighted by Crippen LogP contribution is -2.32. The molecule has 1 aliphatic heterocycles. The number of anilines is 2. The van der Waals surface area contributed by atoms with Crippen LogP contribution in [0, 0.1) is 6.92 Å². The summed E-state index contributed by atoms with van der Waals surface area (Å²) in [5.41, 5.74) is 1.38. The smallest absolute Gasteiger partial charge is 0.272 e. The second-order valence-corrected chi connectivity index (χ2v) is 6.94. The van der Waals surface area contributed by atoms with Crippen LogP contribution >= 0.6 is 15.9 Å². The summed E-state index contributed by atoms with van der Waals surface area (Å²) in [5, 5.41) is 3.24. The summed E-state index contributed by atoms with van der Waals surface area (Å²) in [6.07, 6.45) is 4.53. The van der Waals surface area contributed by atoms with E-state index in [0.717, 1.165) is 36.1 Å². The molecule has 0 radical (unpaired) electrons. The molecule has 0 saturated carbocycles. The highest BCUT2D eigenvalue weighted by molar-refractivity contribution is 9.10. The molecule has 1 aliphatic rings. The van der Waals surface area contributed by atoms with E-state index in [-0.39, 0.29) is 5.91 Å². The van der Waals surface area contributed by atoms with Crippen LogP contribution in [0.1, 0.15) is 42.0 Å². The molecule has 24 heavy (non-hydrogen) atoms. The third kappa shape index (κ3) is 4.32.